The molecule has 34 heavy (non-hydrogen) atoms. The molecule has 0 saturated carbocycles. The van der Waals surface area contributed by atoms with E-state index >= 15 is 0 Å². The third kappa shape index (κ3) is 4.51. The number of carbonyl (C=O) groups excluding carboxylic acids is 1. The van der Waals surface area contributed by atoms with Gasteiger partial charge in [0, 0.05) is 10.6 Å². The Labute approximate surface area is 204 Å². The normalized spacial score (nSPS) is 15.8. The number of fused-ring (bicyclic) bond motifs is 1. The third-order valence-corrected chi connectivity index (χ3v) is 6.51. The lowest BCUT2D eigenvalue weighted by molar-refractivity contribution is -0.143. The van der Waals surface area contributed by atoms with Gasteiger partial charge in [0.15, 0.2) is 4.80 Å². The number of benzene rings is 2. The quantitative estimate of drug-likeness (QED) is 0.543. The van der Waals surface area contributed by atoms with Crippen LogP contribution in [-0.2, 0) is 9.53 Å². The lowest BCUT2D eigenvalue weighted by atomic mass is 9.96. The first-order valence-electron chi connectivity index (χ1n) is 10.6. The monoisotopic (exact) mass is 498 g/mol. The van der Waals surface area contributed by atoms with Crippen molar-refractivity contribution in [2.75, 3.05) is 7.11 Å². The average Bonchev–Trinajstić information content (AvgIpc) is 3.09. The first-order chi connectivity index (χ1) is 16.2. The van der Waals surface area contributed by atoms with Crippen molar-refractivity contribution in [3.8, 4) is 11.5 Å². The van der Waals surface area contributed by atoms with Gasteiger partial charge in [-0.15, -0.1) is 0 Å². The van der Waals surface area contributed by atoms with Gasteiger partial charge in [-0.3, -0.25) is 9.36 Å². The zero-order chi connectivity index (χ0) is 24.6. The summed E-state index contributed by atoms with van der Waals surface area (Å²) in [6.45, 7) is 5.26. The Bertz CT molecular complexity index is 1470. The highest BCUT2D eigenvalue weighted by Gasteiger charge is 2.33. The number of aromatic nitrogens is 1. The van der Waals surface area contributed by atoms with Crippen LogP contribution in [0.1, 0.15) is 37.9 Å². The van der Waals surface area contributed by atoms with Gasteiger partial charge in [0.1, 0.15) is 11.5 Å². The van der Waals surface area contributed by atoms with Gasteiger partial charge in [-0.1, -0.05) is 35.1 Å². The fourth-order valence-electron chi connectivity index (χ4n) is 3.74. The van der Waals surface area contributed by atoms with Gasteiger partial charge in [-0.25, -0.2) is 9.79 Å². The summed E-state index contributed by atoms with van der Waals surface area (Å²) in [5.41, 5.74) is 1.55. The van der Waals surface area contributed by atoms with E-state index < -0.39 is 12.0 Å². The molecule has 0 amide bonds. The minimum absolute atomic E-state index is 0.000629. The highest BCUT2D eigenvalue weighted by atomic mass is 35.5. The maximum absolute atomic E-state index is 13.6. The van der Waals surface area contributed by atoms with Crippen LogP contribution in [0.5, 0.6) is 11.5 Å². The fraction of sp³-hybridized carbons (Fsp3) is 0.240. The molecule has 2 heterocycles. The number of esters is 1. The van der Waals surface area contributed by atoms with Crippen LogP contribution in [0.4, 0.5) is 0 Å². The molecule has 0 fully saturated rings. The van der Waals surface area contributed by atoms with Gasteiger partial charge in [0.2, 0.25) is 0 Å². The van der Waals surface area contributed by atoms with Crippen molar-refractivity contribution in [1.82, 2.24) is 4.57 Å². The van der Waals surface area contributed by atoms with Gasteiger partial charge in [-0.2, -0.15) is 0 Å². The number of methoxy groups -OCH3 is 1. The number of allylic oxidation sites excluding steroid dienone is 1. The van der Waals surface area contributed by atoms with E-state index in [1.807, 2.05) is 12.1 Å². The number of thiazole rings is 1. The summed E-state index contributed by atoms with van der Waals surface area (Å²) < 4.78 is 12.6. The van der Waals surface area contributed by atoms with Crippen LogP contribution in [-0.4, -0.2) is 28.9 Å². The molecule has 9 heteroatoms. The van der Waals surface area contributed by atoms with E-state index in [0.29, 0.717) is 42.5 Å². The molecule has 0 spiro atoms. The minimum Gasteiger partial charge on any atom is -0.507 e. The van der Waals surface area contributed by atoms with Gasteiger partial charge in [0.25, 0.3) is 5.56 Å². The Kier molecular flexibility index (Phi) is 6.63. The van der Waals surface area contributed by atoms with Gasteiger partial charge >= 0.3 is 5.97 Å². The average molecular weight is 499 g/mol. The van der Waals surface area contributed by atoms with Crippen molar-refractivity contribution >= 4 is 35.0 Å². The van der Waals surface area contributed by atoms with Crippen LogP contribution in [0.3, 0.4) is 0 Å². The minimum atomic E-state index is -0.733. The summed E-state index contributed by atoms with van der Waals surface area (Å²) in [7, 11) is 1.57. The number of phenolic OH excluding ortho intramolecular Hbond substituents is 1. The molecule has 1 N–H and O–H groups in total. The highest BCUT2D eigenvalue weighted by Crippen LogP contribution is 2.32. The van der Waals surface area contributed by atoms with Crippen LogP contribution in [0.25, 0.3) is 6.08 Å². The van der Waals surface area contributed by atoms with Crippen LogP contribution in [0.2, 0.25) is 5.02 Å². The molecule has 3 aromatic rings. The third-order valence-electron chi connectivity index (χ3n) is 5.29. The van der Waals surface area contributed by atoms with E-state index in [1.54, 1.807) is 58.2 Å². The molecule has 1 aliphatic heterocycles. The van der Waals surface area contributed by atoms with Crippen molar-refractivity contribution in [3.63, 3.8) is 0 Å². The molecule has 0 aliphatic carbocycles. The number of ether oxygens (including phenoxy) is 2. The number of rotatable bonds is 5. The molecule has 4 rings (SSSR count). The predicted octanol–water partition coefficient (Wildman–Crippen LogP) is 3.55. The maximum atomic E-state index is 13.6. The molecule has 1 aromatic heterocycles. The number of carbonyl (C=O) groups is 1. The number of hydrogen-bond donors (Lipinski definition) is 1. The first kappa shape index (κ1) is 23.8. The van der Waals surface area contributed by atoms with E-state index in [9.17, 15) is 14.7 Å². The Hall–Kier alpha value is -3.36. The van der Waals surface area contributed by atoms with Crippen molar-refractivity contribution in [2.45, 2.75) is 32.9 Å². The molecule has 7 nitrogen and oxygen atoms in total. The number of nitrogens with zero attached hydrogens (tertiary/aromatic N) is 2. The van der Waals surface area contributed by atoms with E-state index in [4.69, 9.17) is 21.1 Å². The molecule has 1 atom stereocenters. The van der Waals surface area contributed by atoms with E-state index in [1.165, 1.54) is 22.0 Å². The Morgan fingerprint density at radius 3 is 2.59 bits per heavy atom. The summed E-state index contributed by atoms with van der Waals surface area (Å²) in [5.74, 6) is 0.123. The molecule has 0 radical (unpaired) electrons. The van der Waals surface area contributed by atoms with E-state index in [0.717, 1.165) is 0 Å². The smallest absolute Gasteiger partial charge is 0.338 e. The Balaban J connectivity index is 1.95. The lowest BCUT2D eigenvalue weighted by Gasteiger charge is -2.25. The second-order valence-electron chi connectivity index (χ2n) is 8.01. The van der Waals surface area contributed by atoms with E-state index in [-0.39, 0.29) is 17.4 Å². The van der Waals surface area contributed by atoms with Crippen molar-refractivity contribution in [3.05, 3.63) is 89.6 Å². The molecule has 2 aromatic carbocycles. The zero-order valence-corrected chi connectivity index (χ0v) is 20.6. The van der Waals surface area contributed by atoms with Gasteiger partial charge in [-0.05, 0) is 62.7 Å². The number of aromatic hydroxyl groups is 1. The SMILES string of the molecule is COc1ccc([C@H]2C(C(=O)OC(C)C)=C(C)N=c3sc(=Cc4cc(Cl)ccc4O)c(=O)n32)cc1. The van der Waals surface area contributed by atoms with Crippen LogP contribution < -0.4 is 19.6 Å². The number of hydrogen-bond acceptors (Lipinski definition) is 7. The Morgan fingerprint density at radius 2 is 1.94 bits per heavy atom. The lowest BCUT2D eigenvalue weighted by Crippen LogP contribution is -2.40. The van der Waals surface area contributed by atoms with E-state index in [2.05, 4.69) is 4.99 Å². The topological polar surface area (TPSA) is 90.1 Å². The summed E-state index contributed by atoms with van der Waals surface area (Å²) in [4.78, 5) is 31.7. The second-order valence-corrected chi connectivity index (χ2v) is 9.46. The molecule has 0 unspecified atom stereocenters. The summed E-state index contributed by atoms with van der Waals surface area (Å²) in [5, 5.41) is 10.6. The van der Waals surface area contributed by atoms with Gasteiger partial charge < -0.3 is 14.6 Å². The number of halogens is 1. The van der Waals surface area contributed by atoms with Crippen molar-refractivity contribution in [1.29, 1.82) is 0 Å². The van der Waals surface area contributed by atoms with Crippen molar-refractivity contribution in [2.24, 2.45) is 4.99 Å². The molecule has 1 aliphatic rings. The number of phenols is 1. The largest absolute Gasteiger partial charge is 0.507 e. The molecule has 0 bridgehead atoms. The molecular formula is C25H23ClN2O5S. The second kappa shape index (κ2) is 9.48. The maximum Gasteiger partial charge on any atom is 0.338 e. The van der Waals surface area contributed by atoms with Crippen LogP contribution >= 0.6 is 22.9 Å². The summed E-state index contributed by atoms with van der Waals surface area (Å²) >= 11 is 7.24. The highest BCUT2D eigenvalue weighted by molar-refractivity contribution is 7.07. The van der Waals surface area contributed by atoms with Crippen LogP contribution in [0.15, 0.2) is 63.5 Å². The van der Waals surface area contributed by atoms with Gasteiger partial charge in [0.05, 0.1) is 35.1 Å². The predicted molar refractivity (Wildman–Crippen MR) is 131 cm³/mol. The van der Waals surface area contributed by atoms with Crippen LogP contribution in [0, 0.1) is 0 Å². The van der Waals surface area contributed by atoms with Crippen molar-refractivity contribution < 1.29 is 19.4 Å². The molecule has 0 saturated heterocycles. The molecule has 176 valence electrons. The standard InChI is InChI=1S/C25H23ClN2O5S/c1-13(2)33-24(31)21-14(3)27-25-28(22(21)15-5-8-18(32-4)9-6-15)23(30)20(34-25)12-16-11-17(26)7-10-19(16)29/h5-13,22,29H,1-4H3/t22-/m0/s1. The zero-order valence-electron chi connectivity index (χ0n) is 19.0. The fourth-order valence-corrected chi connectivity index (χ4v) is 4.96. The summed E-state index contributed by atoms with van der Waals surface area (Å²) in [6.07, 6.45) is 1.24. The Morgan fingerprint density at radius 1 is 1.24 bits per heavy atom. The first-order valence-corrected chi connectivity index (χ1v) is 11.7. The molecular weight excluding hydrogens is 476 g/mol. The summed E-state index contributed by atoms with van der Waals surface area (Å²) in [6, 6.07) is 11.0.